The quantitative estimate of drug-likeness (QED) is 0.510. The predicted octanol–water partition coefficient (Wildman–Crippen LogP) is 1.72. The molecule has 2 aromatic rings. The Kier molecular flexibility index (Phi) is 6.86. The maximum Gasteiger partial charge on any atom is 0.273 e. The standard InChI is InChI=1S/C27H31N5O6S/c28-39(35,36)22-3-4-23(29-11-22)27(34)32-14-20-12-31(13-21(20)15-32)26(33)19-9-24(18-1-2-18)30-25(10-19)38-16-17-5-7-37-8-6-17/h3-4,9-11,17-18H,1-2,5-8,12-16H2,(H2,28,35,36). The van der Waals surface area contributed by atoms with Gasteiger partial charge >= 0.3 is 0 Å². The number of amides is 2. The third kappa shape index (κ3) is 5.68. The van der Waals surface area contributed by atoms with Crippen molar-refractivity contribution in [1.82, 2.24) is 19.8 Å². The van der Waals surface area contributed by atoms with E-state index in [1.807, 2.05) is 6.07 Å². The highest BCUT2D eigenvalue weighted by atomic mass is 32.2. The van der Waals surface area contributed by atoms with Crippen molar-refractivity contribution in [2.75, 3.05) is 46.0 Å². The number of carbonyl (C=O) groups excluding carboxylic acids is 2. The van der Waals surface area contributed by atoms with Crippen LogP contribution in [0.4, 0.5) is 0 Å². The molecule has 2 N–H and O–H groups in total. The van der Waals surface area contributed by atoms with E-state index < -0.39 is 10.0 Å². The number of nitrogens with two attached hydrogens (primary N) is 1. The van der Waals surface area contributed by atoms with Crippen LogP contribution >= 0.6 is 0 Å². The lowest BCUT2D eigenvalue weighted by atomic mass is 10.0. The van der Waals surface area contributed by atoms with E-state index in [-0.39, 0.29) is 22.4 Å². The number of nitrogens with zero attached hydrogens (tertiary/aromatic N) is 4. The molecular weight excluding hydrogens is 522 g/mol. The largest absolute Gasteiger partial charge is 0.477 e. The van der Waals surface area contributed by atoms with Gasteiger partial charge in [-0.2, -0.15) is 0 Å². The fourth-order valence-corrected chi connectivity index (χ4v) is 5.77. The third-order valence-electron chi connectivity index (χ3n) is 7.76. The minimum Gasteiger partial charge on any atom is -0.477 e. The lowest BCUT2D eigenvalue weighted by Crippen LogP contribution is -2.36. The molecule has 0 spiro atoms. The van der Waals surface area contributed by atoms with Gasteiger partial charge in [-0.25, -0.2) is 23.5 Å². The molecule has 5 heterocycles. The Hall–Kier alpha value is -3.35. The van der Waals surface area contributed by atoms with Crippen LogP contribution in [0.2, 0.25) is 0 Å². The second kappa shape index (κ2) is 10.3. The molecule has 0 radical (unpaired) electrons. The van der Waals surface area contributed by atoms with Crippen LogP contribution in [0.5, 0.6) is 5.88 Å². The van der Waals surface area contributed by atoms with E-state index in [0.29, 0.717) is 56.1 Å². The number of primary sulfonamides is 1. The van der Waals surface area contributed by atoms with Gasteiger partial charge in [-0.3, -0.25) is 9.59 Å². The van der Waals surface area contributed by atoms with Gasteiger partial charge < -0.3 is 19.3 Å². The molecule has 2 aromatic heterocycles. The van der Waals surface area contributed by atoms with Gasteiger partial charge in [-0.1, -0.05) is 0 Å². The molecule has 1 aliphatic carbocycles. The zero-order valence-electron chi connectivity index (χ0n) is 21.5. The highest BCUT2D eigenvalue weighted by Gasteiger charge is 2.36. The molecule has 0 aromatic carbocycles. The maximum absolute atomic E-state index is 13.5. The van der Waals surface area contributed by atoms with Gasteiger partial charge in [0, 0.05) is 68.8 Å². The van der Waals surface area contributed by atoms with Gasteiger partial charge in [0.25, 0.3) is 11.8 Å². The average molecular weight is 554 g/mol. The first kappa shape index (κ1) is 25.9. The van der Waals surface area contributed by atoms with Gasteiger partial charge in [0.1, 0.15) is 10.6 Å². The zero-order chi connectivity index (χ0) is 27.1. The van der Waals surface area contributed by atoms with E-state index in [1.165, 1.54) is 12.1 Å². The zero-order valence-corrected chi connectivity index (χ0v) is 22.4. The van der Waals surface area contributed by atoms with Crippen LogP contribution in [-0.2, 0) is 14.8 Å². The van der Waals surface area contributed by atoms with E-state index in [9.17, 15) is 18.0 Å². The van der Waals surface area contributed by atoms with Crippen molar-refractivity contribution >= 4 is 21.8 Å². The van der Waals surface area contributed by atoms with Crippen molar-refractivity contribution in [2.45, 2.75) is 36.5 Å². The first-order valence-electron chi connectivity index (χ1n) is 13.2. The minimum atomic E-state index is -3.88. The summed E-state index contributed by atoms with van der Waals surface area (Å²) in [4.78, 5) is 38.5. The number of hydrogen-bond donors (Lipinski definition) is 1. The summed E-state index contributed by atoms with van der Waals surface area (Å²) in [5, 5.41) is 5.11. The molecule has 0 unspecified atom stereocenters. The molecule has 1 saturated carbocycles. The Morgan fingerprint density at radius 2 is 1.64 bits per heavy atom. The summed E-state index contributed by atoms with van der Waals surface area (Å²) in [5.41, 5.74) is 3.74. The van der Waals surface area contributed by atoms with Crippen LogP contribution in [0.1, 0.15) is 58.1 Å². The van der Waals surface area contributed by atoms with Gasteiger partial charge in [0.15, 0.2) is 0 Å². The number of rotatable bonds is 7. The molecule has 12 heteroatoms. The SMILES string of the molecule is NS(=O)(=O)c1ccc(C(=O)N2CC3=C(CN(C(=O)c4cc(OCC5CCOCC5)nc(C5CC5)c4)C3)C2)nc1. The van der Waals surface area contributed by atoms with Crippen molar-refractivity contribution in [3.8, 4) is 5.88 Å². The fraction of sp³-hybridized carbons (Fsp3) is 0.481. The fourth-order valence-electron chi connectivity index (χ4n) is 5.32. The number of sulfonamides is 1. The molecule has 0 bridgehead atoms. The number of pyridine rings is 2. The molecule has 11 nitrogen and oxygen atoms in total. The molecule has 1 saturated heterocycles. The van der Waals surface area contributed by atoms with Crippen molar-refractivity contribution < 1.29 is 27.5 Å². The molecular formula is C27H31N5O6S. The minimum absolute atomic E-state index is 0.0669. The molecule has 206 valence electrons. The Morgan fingerprint density at radius 1 is 0.974 bits per heavy atom. The highest BCUT2D eigenvalue weighted by Crippen LogP contribution is 2.40. The Balaban J connectivity index is 1.09. The molecule has 3 aliphatic heterocycles. The van der Waals surface area contributed by atoms with Crippen molar-refractivity contribution in [3.05, 3.63) is 58.6 Å². The van der Waals surface area contributed by atoms with Crippen LogP contribution < -0.4 is 9.88 Å². The third-order valence-corrected chi connectivity index (χ3v) is 8.66. The molecule has 2 amide bonds. The van der Waals surface area contributed by atoms with Crippen molar-refractivity contribution in [2.24, 2.45) is 11.1 Å². The molecule has 2 fully saturated rings. The monoisotopic (exact) mass is 553 g/mol. The summed E-state index contributed by atoms with van der Waals surface area (Å²) in [6.45, 7) is 3.79. The smallest absolute Gasteiger partial charge is 0.273 e. The van der Waals surface area contributed by atoms with Crippen molar-refractivity contribution in [3.63, 3.8) is 0 Å². The Morgan fingerprint density at radius 3 is 2.23 bits per heavy atom. The van der Waals surface area contributed by atoms with Gasteiger partial charge in [-0.05, 0) is 60.9 Å². The highest BCUT2D eigenvalue weighted by molar-refractivity contribution is 7.89. The second-order valence-corrected chi connectivity index (χ2v) is 12.3. The Labute approximate surface area is 227 Å². The summed E-state index contributed by atoms with van der Waals surface area (Å²) in [7, 11) is -3.88. The van der Waals surface area contributed by atoms with Gasteiger partial charge in [0.2, 0.25) is 15.9 Å². The van der Waals surface area contributed by atoms with Gasteiger partial charge in [0.05, 0.1) is 6.61 Å². The van der Waals surface area contributed by atoms with Crippen LogP contribution in [0.3, 0.4) is 0 Å². The number of ether oxygens (including phenoxy) is 2. The molecule has 4 aliphatic rings. The Bertz CT molecular complexity index is 1410. The van der Waals surface area contributed by atoms with Crippen molar-refractivity contribution in [1.29, 1.82) is 0 Å². The summed E-state index contributed by atoms with van der Waals surface area (Å²) in [6, 6.07) is 6.30. The predicted molar refractivity (Wildman–Crippen MR) is 140 cm³/mol. The number of aromatic nitrogens is 2. The summed E-state index contributed by atoms with van der Waals surface area (Å²) < 4.78 is 34.4. The van der Waals surface area contributed by atoms with Crippen LogP contribution in [-0.4, -0.2) is 86.0 Å². The normalized spacial score (nSPS) is 19.9. The van der Waals surface area contributed by atoms with E-state index in [1.54, 1.807) is 15.9 Å². The molecule has 39 heavy (non-hydrogen) atoms. The summed E-state index contributed by atoms with van der Waals surface area (Å²) in [5.74, 6) is 0.965. The van der Waals surface area contributed by atoms with E-state index in [4.69, 9.17) is 19.6 Å². The van der Waals surface area contributed by atoms with E-state index in [2.05, 4.69) is 4.98 Å². The van der Waals surface area contributed by atoms with E-state index >= 15 is 0 Å². The first-order chi connectivity index (χ1) is 18.7. The van der Waals surface area contributed by atoms with E-state index in [0.717, 1.165) is 61.9 Å². The maximum atomic E-state index is 13.5. The lowest BCUT2D eigenvalue weighted by molar-refractivity contribution is 0.0490. The van der Waals surface area contributed by atoms with Crippen LogP contribution in [0.15, 0.2) is 46.5 Å². The summed E-state index contributed by atoms with van der Waals surface area (Å²) >= 11 is 0. The van der Waals surface area contributed by atoms with Crippen LogP contribution in [0.25, 0.3) is 0 Å². The summed E-state index contributed by atoms with van der Waals surface area (Å²) in [6.07, 6.45) is 5.18. The topological polar surface area (TPSA) is 145 Å². The lowest BCUT2D eigenvalue weighted by Gasteiger charge is -2.24. The molecule has 6 rings (SSSR count). The number of hydrogen-bond acceptors (Lipinski definition) is 8. The first-order valence-corrected chi connectivity index (χ1v) is 14.8. The number of carbonyl (C=O) groups is 2. The second-order valence-electron chi connectivity index (χ2n) is 10.7. The van der Waals surface area contributed by atoms with Crippen LogP contribution in [0, 0.1) is 5.92 Å². The van der Waals surface area contributed by atoms with Gasteiger partial charge in [-0.15, -0.1) is 0 Å². The molecule has 0 atom stereocenters. The average Bonchev–Trinajstić information content (AvgIpc) is 3.61.